The Morgan fingerprint density at radius 1 is 1.04 bits per heavy atom. The standard InChI is InChI=1S/C23H22N2O/c1-3-15-14-24-25-22(15)20-7-5-4-6-19(20)21(23(25)17-8-9-17)16-10-12-18(26-2)13-11-16/h4-7,10-14,17H,3,8-9H2,1-2H3. The number of hydrogen-bond donors (Lipinski definition) is 0. The number of methoxy groups -OCH3 is 1. The van der Waals surface area contributed by atoms with Crippen molar-refractivity contribution in [3.05, 3.63) is 66.0 Å². The number of hydrogen-bond acceptors (Lipinski definition) is 2. The minimum atomic E-state index is 0.601. The van der Waals surface area contributed by atoms with Crippen molar-refractivity contribution in [3.63, 3.8) is 0 Å². The number of aromatic nitrogens is 2. The summed E-state index contributed by atoms with van der Waals surface area (Å²) in [6.45, 7) is 2.21. The van der Waals surface area contributed by atoms with Gasteiger partial charge in [0.15, 0.2) is 0 Å². The fourth-order valence-corrected chi connectivity index (χ4v) is 4.06. The molecular formula is C23H22N2O. The van der Waals surface area contributed by atoms with Crippen molar-refractivity contribution in [3.8, 4) is 16.9 Å². The van der Waals surface area contributed by atoms with Gasteiger partial charge in [0.25, 0.3) is 0 Å². The summed E-state index contributed by atoms with van der Waals surface area (Å²) in [5.41, 5.74) is 6.53. The Labute approximate surface area is 153 Å². The molecule has 3 nitrogen and oxygen atoms in total. The van der Waals surface area contributed by atoms with E-state index in [1.165, 1.54) is 51.5 Å². The summed E-state index contributed by atoms with van der Waals surface area (Å²) >= 11 is 0. The van der Waals surface area contributed by atoms with Gasteiger partial charge in [0.2, 0.25) is 0 Å². The maximum Gasteiger partial charge on any atom is 0.118 e. The summed E-state index contributed by atoms with van der Waals surface area (Å²) in [6, 6.07) is 17.2. The van der Waals surface area contributed by atoms with Gasteiger partial charge in [-0.1, -0.05) is 43.3 Å². The van der Waals surface area contributed by atoms with Crippen molar-refractivity contribution < 1.29 is 4.74 Å². The van der Waals surface area contributed by atoms with Gasteiger partial charge >= 0.3 is 0 Å². The van der Waals surface area contributed by atoms with Crippen molar-refractivity contribution >= 4 is 16.3 Å². The van der Waals surface area contributed by atoms with Crippen LogP contribution < -0.4 is 4.74 Å². The Morgan fingerprint density at radius 3 is 2.42 bits per heavy atom. The number of rotatable bonds is 4. The van der Waals surface area contributed by atoms with E-state index < -0.39 is 0 Å². The van der Waals surface area contributed by atoms with Crippen LogP contribution in [0, 0.1) is 0 Å². The minimum absolute atomic E-state index is 0.601. The van der Waals surface area contributed by atoms with Crippen LogP contribution in [-0.4, -0.2) is 16.7 Å². The average Bonchev–Trinajstić information content (AvgIpc) is 3.45. The van der Waals surface area contributed by atoms with Crippen LogP contribution in [0.15, 0.2) is 54.7 Å². The third-order valence-corrected chi connectivity index (χ3v) is 5.50. The number of ether oxygens (including phenoxy) is 1. The zero-order chi connectivity index (χ0) is 17.7. The second kappa shape index (κ2) is 5.87. The molecule has 0 bridgehead atoms. The van der Waals surface area contributed by atoms with E-state index in [9.17, 15) is 0 Å². The molecule has 3 heteroatoms. The highest BCUT2D eigenvalue weighted by Gasteiger charge is 2.31. The second-order valence-electron chi connectivity index (χ2n) is 7.09. The lowest BCUT2D eigenvalue weighted by atomic mass is 9.93. The third kappa shape index (κ3) is 2.23. The molecule has 2 heterocycles. The highest BCUT2D eigenvalue weighted by Crippen LogP contribution is 2.47. The predicted molar refractivity (Wildman–Crippen MR) is 106 cm³/mol. The van der Waals surface area contributed by atoms with Crippen LogP contribution in [0.25, 0.3) is 27.4 Å². The molecule has 0 unspecified atom stereocenters. The van der Waals surface area contributed by atoms with Gasteiger partial charge in [-0.2, -0.15) is 5.10 Å². The lowest BCUT2D eigenvalue weighted by Crippen LogP contribution is -2.02. The summed E-state index contributed by atoms with van der Waals surface area (Å²) in [4.78, 5) is 0. The molecule has 1 fully saturated rings. The van der Waals surface area contributed by atoms with Crippen LogP contribution in [0.4, 0.5) is 0 Å². The first kappa shape index (κ1) is 15.4. The summed E-state index contributed by atoms with van der Waals surface area (Å²) in [5, 5.41) is 7.42. The van der Waals surface area contributed by atoms with E-state index in [4.69, 9.17) is 9.84 Å². The molecule has 1 aliphatic carbocycles. The molecule has 0 amide bonds. The monoisotopic (exact) mass is 342 g/mol. The number of aryl methyl sites for hydroxylation is 1. The zero-order valence-corrected chi connectivity index (χ0v) is 15.2. The molecule has 1 saturated carbocycles. The van der Waals surface area contributed by atoms with Crippen molar-refractivity contribution in [1.82, 2.24) is 9.61 Å². The molecule has 0 spiro atoms. The van der Waals surface area contributed by atoms with Crippen molar-refractivity contribution in [1.29, 1.82) is 0 Å². The lowest BCUT2D eigenvalue weighted by molar-refractivity contribution is 0.415. The first-order chi connectivity index (χ1) is 12.8. The Morgan fingerprint density at radius 2 is 1.77 bits per heavy atom. The molecule has 0 N–H and O–H groups in total. The first-order valence-electron chi connectivity index (χ1n) is 9.37. The van der Waals surface area contributed by atoms with E-state index in [1.807, 2.05) is 18.3 Å². The van der Waals surface area contributed by atoms with Crippen LogP contribution in [0.2, 0.25) is 0 Å². The number of pyridine rings is 1. The smallest absolute Gasteiger partial charge is 0.118 e. The van der Waals surface area contributed by atoms with E-state index in [-0.39, 0.29) is 0 Å². The molecule has 0 radical (unpaired) electrons. The first-order valence-corrected chi connectivity index (χ1v) is 9.37. The van der Waals surface area contributed by atoms with E-state index in [0.717, 1.165) is 12.2 Å². The minimum Gasteiger partial charge on any atom is -0.497 e. The van der Waals surface area contributed by atoms with Crippen LogP contribution in [0.1, 0.15) is 36.9 Å². The third-order valence-electron chi connectivity index (χ3n) is 5.50. The van der Waals surface area contributed by atoms with Gasteiger partial charge in [-0.15, -0.1) is 0 Å². The van der Waals surface area contributed by atoms with Gasteiger partial charge in [-0.05, 0) is 47.9 Å². The molecule has 2 aromatic heterocycles. The maximum absolute atomic E-state index is 5.35. The van der Waals surface area contributed by atoms with E-state index in [2.05, 4.69) is 47.8 Å². The molecule has 130 valence electrons. The highest BCUT2D eigenvalue weighted by molar-refractivity contribution is 6.06. The molecule has 2 aromatic carbocycles. The van der Waals surface area contributed by atoms with Crippen molar-refractivity contribution in [2.24, 2.45) is 0 Å². The summed E-state index contributed by atoms with van der Waals surface area (Å²) in [5.74, 6) is 1.49. The van der Waals surface area contributed by atoms with Crippen LogP contribution in [0.5, 0.6) is 5.75 Å². The Balaban J connectivity index is 1.92. The van der Waals surface area contributed by atoms with Crippen molar-refractivity contribution in [2.75, 3.05) is 7.11 Å². The summed E-state index contributed by atoms with van der Waals surface area (Å²) in [6.07, 6.45) is 5.54. The Kier molecular flexibility index (Phi) is 3.49. The van der Waals surface area contributed by atoms with Gasteiger partial charge in [0.1, 0.15) is 5.75 Å². The molecule has 5 rings (SSSR count). The van der Waals surface area contributed by atoms with Gasteiger partial charge in [0, 0.05) is 16.9 Å². The van der Waals surface area contributed by atoms with E-state index in [1.54, 1.807) is 7.11 Å². The Bertz CT molecular complexity index is 1100. The highest BCUT2D eigenvalue weighted by atomic mass is 16.5. The van der Waals surface area contributed by atoms with Gasteiger partial charge < -0.3 is 4.74 Å². The molecular weight excluding hydrogens is 320 g/mol. The fraction of sp³-hybridized carbons (Fsp3) is 0.261. The average molecular weight is 342 g/mol. The number of benzene rings is 2. The van der Waals surface area contributed by atoms with Gasteiger partial charge in [-0.3, -0.25) is 0 Å². The fourth-order valence-electron chi connectivity index (χ4n) is 4.06. The molecule has 0 saturated heterocycles. The maximum atomic E-state index is 5.35. The van der Waals surface area contributed by atoms with Crippen LogP contribution in [0.3, 0.4) is 0 Å². The normalized spacial score (nSPS) is 14.2. The SMILES string of the molecule is CCc1cnn2c(C3CC3)c(-c3ccc(OC)cc3)c3ccccc3c12. The predicted octanol–water partition coefficient (Wildman–Crippen LogP) is 5.60. The van der Waals surface area contributed by atoms with E-state index >= 15 is 0 Å². The van der Waals surface area contributed by atoms with Crippen LogP contribution in [-0.2, 0) is 6.42 Å². The molecule has 26 heavy (non-hydrogen) atoms. The molecule has 4 aromatic rings. The molecule has 0 aliphatic heterocycles. The summed E-state index contributed by atoms with van der Waals surface area (Å²) in [7, 11) is 1.71. The Hall–Kier alpha value is -2.81. The number of fused-ring (bicyclic) bond motifs is 3. The van der Waals surface area contributed by atoms with Gasteiger partial charge in [-0.25, -0.2) is 4.52 Å². The van der Waals surface area contributed by atoms with E-state index in [0.29, 0.717) is 5.92 Å². The zero-order valence-electron chi connectivity index (χ0n) is 15.2. The summed E-state index contributed by atoms with van der Waals surface area (Å²) < 4.78 is 7.57. The quantitative estimate of drug-likeness (QED) is 0.482. The van der Waals surface area contributed by atoms with Crippen molar-refractivity contribution in [2.45, 2.75) is 32.1 Å². The lowest BCUT2D eigenvalue weighted by Gasteiger charge is -2.17. The molecule has 1 aliphatic rings. The second-order valence-corrected chi connectivity index (χ2v) is 7.09. The number of nitrogens with zero attached hydrogens (tertiary/aromatic N) is 2. The largest absolute Gasteiger partial charge is 0.497 e. The van der Waals surface area contributed by atoms with Crippen LogP contribution >= 0.6 is 0 Å². The molecule has 0 atom stereocenters. The van der Waals surface area contributed by atoms with Gasteiger partial charge in [0.05, 0.1) is 24.5 Å². The topological polar surface area (TPSA) is 26.5 Å².